The van der Waals surface area contributed by atoms with Crippen molar-refractivity contribution in [1.82, 2.24) is 8.86 Å². The molecule has 0 radical (unpaired) electrons. The zero-order valence-electron chi connectivity index (χ0n) is 11.8. The first-order valence-corrected chi connectivity index (χ1v) is 7.65. The van der Waals surface area contributed by atoms with Crippen LogP contribution in [0.15, 0.2) is 16.9 Å². The Morgan fingerprint density at radius 3 is 2.84 bits per heavy atom. The van der Waals surface area contributed by atoms with Gasteiger partial charge in [-0.2, -0.15) is 0 Å². The van der Waals surface area contributed by atoms with E-state index in [1.807, 2.05) is 10.9 Å². The molecule has 0 saturated carbocycles. The van der Waals surface area contributed by atoms with Crippen LogP contribution < -0.4 is 5.56 Å². The number of aryl methyl sites for hydroxylation is 2. The smallest absolute Gasteiger partial charge is 0.269 e. The van der Waals surface area contributed by atoms with Gasteiger partial charge in [-0.3, -0.25) is 8.75 Å². The molecule has 1 fully saturated rings. The second kappa shape index (κ2) is 4.76. The molecule has 1 saturated heterocycles. The Bertz CT molecular complexity index is 671. The van der Waals surface area contributed by atoms with E-state index in [0.29, 0.717) is 6.04 Å². The molecule has 0 spiro atoms. The van der Waals surface area contributed by atoms with Gasteiger partial charge in [-0.15, -0.1) is 0 Å². The third kappa shape index (κ3) is 2.23. The lowest BCUT2D eigenvalue weighted by Gasteiger charge is -2.29. The van der Waals surface area contributed by atoms with Gasteiger partial charge in [0.15, 0.2) is 0 Å². The molecule has 4 heteroatoms. The molecule has 0 bridgehead atoms. The van der Waals surface area contributed by atoms with Gasteiger partial charge in [0, 0.05) is 6.54 Å². The Hall–Kier alpha value is -1.13. The number of fused-ring (bicyclic) bond motifs is 1. The van der Waals surface area contributed by atoms with Crippen LogP contribution in [-0.2, 0) is 0 Å². The number of benzene rings is 1. The number of rotatable bonds is 1. The van der Waals surface area contributed by atoms with E-state index in [9.17, 15) is 4.79 Å². The molecule has 1 aliphatic rings. The van der Waals surface area contributed by atoms with Crippen molar-refractivity contribution in [2.45, 2.75) is 32.7 Å². The Morgan fingerprint density at radius 1 is 1.32 bits per heavy atom. The molecule has 1 aliphatic heterocycles. The number of hydrogen-bond acceptors (Lipinski definition) is 3. The topological polar surface area (TPSA) is 25.2 Å². The largest absolute Gasteiger partial charge is 0.304 e. The summed E-state index contributed by atoms with van der Waals surface area (Å²) < 4.78 is 3.14. The van der Waals surface area contributed by atoms with Gasteiger partial charge in [0.1, 0.15) is 0 Å². The number of likely N-dealkylation sites (N-methyl/N-ethyl adjacent to an activating group) is 1. The van der Waals surface area contributed by atoms with Gasteiger partial charge < -0.3 is 4.90 Å². The molecular weight excluding hydrogens is 256 g/mol. The van der Waals surface area contributed by atoms with E-state index >= 15 is 0 Å². The molecule has 0 aliphatic carbocycles. The highest BCUT2D eigenvalue weighted by molar-refractivity contribution is 7.13. The van der Waals surface area contributed by atoms with Crippen LogP contribution in [0.25, 0.3) is 10.1 Å². The van der Waals surface area contributed by atoms with Gasteiger partial charge in [-0.1, -0.05) is 17.6 Å². The summed E-state index contributed by atoms with van der Waals surface area (Å²) in [7, 11) is 2.14. The van der Waals surface area contributed by atoms with Crippen LogP contribution in [0.2, 0.25) is 0 Å². The molecule has 1 unspecified atom stereocenters. The normalized spacial score (nSPS) is 21.1. The lowest BCUT2D eigenvalue weighted by atomic mass is 10.1. The first-order chi connectivity index (χ1) is 9.06. The van der Waals surface area contributed by atoms with Gasteiger partial charge in [-0.25, -0.2) is 0 Å². The highest BCUT2D eigenvalue weighted by atomic mass is 32.1. The minimum absolute atomic E-state index is 0.206. The summed E-state index contributed by atoms with van der Waals surface area (Å²) in [5.74, 6) is 0. The molecule has 1 aromatic carbocycles. The summed E-state index contributed by atoms with van der Waals surface area (Å²) in [6.07, 6.45) is 2.30. The van der Waals surface area contributed by atoms with E-state index in [2.05, 4.69) is 31.0 Å². The molecule has 102 valence electrons. The molecule has 0 amide bonds. The summed E-state index contributed by atoms with van der Waals surface area (Å²) in [4.78, 5) is 14.9. The number of nitrogens with zero attached hydrogens (tertiary/aromatic N) is 2. The third-order valence-electron chi connectivity index (χ3n) is 3.99. The van der Waals surface area contributed by atoms with Crippen molar-refractivity contribution in [3.05, 3.63) is 33.6 Å². The minimum Gasteiger partial charge on any atom is -0.304 e. The Morgan fingerprint density at radius 2 is 2.11 bits per heavy atom. The lowest BCUT2D eigenvalue weighted by molar-refractivity contribution is 0.217. The average Bonchev–Trinajstić information content (AvgIpc) is 2.66. The fraction of sp³-hybridized carbons (Fsp3) is 0.533. The van der Waals surface area contributed by atoms with Crippen LogP contribution in [0, 0.1) is 13.8 Å². The van der Waals surface area contributed by atoms with E-state index in [1.54, 1.807) is 11.5 Å². The van der Waals surface area contributed by atoms with E-state index in [4.69, 9.17) is 0 Å². The third-order valence-corrected chi connectivity index (χ3v) is 5.16. The SMILES string of the molecule is Cc1cc(C)c2c(=O)n(C3CCCN(C)C3)sc2c1. The first kappa shape index (κ1) is 12.9. The molecule has 3 rings (SSSR count). The Kier molecular flexibility index (Phi) is 3.23. The monoisotopic (exact) mass is 276 g/mol. The van der Waals surface area contributed by atoms with Crippen LogP contribution in [-0.4, -0.2) is 29.0 Å². The van der Waals surface area contributed by atoms with Gasteiger partial charge in [0.25, 0.3) is 5.56 Å². The van der Waals surface area contributed by atoms with Crippen LogP contribution in [0.5, 0.6) is 0 Å². The van der Waals surface area contributed by atoms with Gasteiger partial charge in [0.2, 0.25) is 0 Å². The zero-order valence-corrected chi connectivity index (χ0v) is 12.6. The summed E-state index contributed by atoms with van der Waals surface area (Å²) in [6, 6.07) is 4.59. The van der Waals surface area contributed by atoms with E-state index < -0.39 is 0 Å². The van der Waals surface area contributed by atoms with Crippen molar-refractivity contribution in [2.24, 2.45) is 0 Å². The van der Waals surface area contributed by atoms with E-state index in [1.165, 1.54) is 12.0 Å². The average molecular weight is 276 g/mol. The summed E-state index contributed by atoms with van der Waals surface area (Å²) >= 11 is 1.64. The summed E-state index contributed by atoms with van der Waals surface area (Å²) in [5.41, 5.74) is 2.55. The van der Waals surface area contributed by atoms with Crippen molar-refractivity contribution >= 4 is 21.6 Å². The number of likely N-dealkylation sites (tertiary alicyclic amines) is 1. The van der Waals surface area contributed by atoms with Crippen molar-refractivity contribution in [2.75, 3.05) is 20.1 Å². The van der Waals surface area contributed by atoms with Crippen molar-refractivity contribution < 1.29 is 0 Å². The van der Waals surface area contributed by atoms with E-state index in [-0.39, 0.29) is 5.56 Å². The van der Waals surface area contributed by atoms with Crippen LogP contribution in [0.3, 0.4) is 0 Å². The molecule has 2 aromatic rings. The van der Waals surface area contributed by atoms with Crippen molar-refractivity contribution in [3.63, 3.8) is 0 Å². The molecule has 1 aromatic heterocycles. The molecule has 19 heavy (non-hydrogen) atoms. The Labute approximate surface area is 117 Å². The van der Waals surface area contributed by atoms with Crippen LogP contribution in [0.4, 0.5) is 0 Å². The fourth-order valence-electron chi connectivity index (χ4n) is 3.10. The second-order valence-corrected chi connectivity index (χ2v) is 6.75. The summed E-state index contributed by atoms with van der Waals surface area (Å²) in [6.45, 7) is 6.27. The maximum absolute atomic E-state index is 12.6. The maximum Gasteiger partial charge on any atom is 0.269 e. The predicted molar refractivity (Wildman–Crippen MR) is 81.3 cm³/mol. The maximum atomic E-state index is 12.6. The standard InChI is InChI=1S/C15H20N2OS/c1-10-7-11(2)14-13(8-10)19-17(15(14)18)12-5-4-6-16(3)9-12/h7-8,12H,4-6,9H2,1-3H3. The predicted octanol–water partition coefficient (Wildman–Crippen LogP) is 2.95. The van der Waals surface area contributed by atoms with Gasteiger partial charge >= 0.3 is 0 Å². The lowest BCUT2D eigenvalue weighted by Crippen LogP contribution is -2.35. The van der Waals surface area contributed by atoms with Gasteiger partial charge in [0.05, 0.1) is 16.1 Å². The first-order valence-electron chi connectivity index (χ1n) is 6.87. The molecule has 0 N–H and O–H groups in total. The second-order valence-electron chi connectivity index (χ2n) is 5.74. The molecular formula is C15H20N2OS. The number of hydrogen-bond donors (Lipinski definition) is 0. The van der Waals surface area contributed by atoms with Crippen molar-refractivity contribution in [3.8, 4) is 0 Å². The Balaban J connectivity index is 2.12. The zero-order chi connectivity index (χ0) is 13.6. The highest BCUT2D eigenvalue weighted by Crippen LogP contribution is 2.27. The molecule has 3 nitrogen and oxygen atoms in total. The number of aromatic nitrogens is 1. The van der Waals surface area contributed by atoms with E-state index in [0.717, 1.165) is 35.2 Å². The molecule has 1 atom stereocenters. The van der Waals surface area contributed by atoms with Crippen LogP contribution in [0.1, 0.15) is 30.0 Å². The number of piperidine rings is 1. The highest BCUT2D eigenvalue weighted by Gasteiger charge is 2.22. The molecule has 2 heterocycles. The van der Waals surface area contributed by atoms with Crippen molar-refractivity contribution in [1.29, 1.82) is 0 Å². The minimum atomic E-state index is 0.206. The quantitative estimate of drug-likeness (QED) is 0.800. The fourth-order valence-corrected chi connectivity index (χ4v) is 4.39. The van der Waals surface area contributed by atoms with Gasteiger partial charge in [-0.05, 0) is 57.5 Å². The summed E-state index contributed by atoms with van der Waals surface area (Å²) in [5, 5.41) is 0.920. The van der Waals surface area contributed by atoms with Crippen LogP contribution >= 0.6 is 11.5 Å².